The Kier molecular flexibility index (Phi) is 2.87. The highest BCUT2D eigenvalue weighted by atomic mass is 14.8. The molecule has 0 bridgehead atoms. The Labute approximate surface area is 61.3 Å². The molecule has 0 atom stereocenters. The van der Waals surface area contributed by atoms with Gasteiger partial charge in [-0.2, -0.15) is 0 Å². The van der Waals surface area contributed by atoms with Gasteiger partial charge in [0.1, 0.15) is 0 Å². The highest BCUT2D eigenvalue weighted by molar-refractivity contribution is 4.96. The average molecular weight is 135 g/mol. The smallest absolute Gasteiger partial charge is 0.197 e. The molecule has 1 aromatic rings. The summed E-state index contributed by atoms with van der Waals surface area (Å²) in [6.07, 6.45) is 7.77. The molecule has 1 rings (SSSR count). The van der Waals surface area contributed by atoms with Crippen LogP contribution in [0.25, 0.3) is 0 Å². The van der Waals surface area contributed by atoms with Gasteiger partial charge in [0.05, 0.1) is 0 Å². The number of hydrogen-bond acceptors (Lipinski definition) is 2. The van der Waals surface area contributed by atoms with Crippen molar-refractivity contribution in [1.29, 1.82) is 0 Å². The molecule has 10 heavy (non-hydrogen) atoms. The van der Waals surface area contributed by atoms with Crippen LogP contribution in [0.1, 0.15) is 25.5 Å². The molecule has 0 N–H and O–H groups in total. The van der Waals surface area contributed by atoms with Gasteiger partial charge >= 0.3 is 0 Å². The zero-order chi connectivity index (χ0) is 7.23. The number of hydrogen-bond donors (Lipinski definition) is 0. The van der Waals surface area contributed by atoms with E-state index in [-0.39, 0.29) is 0 Å². The SMILES string of the molecule is CCCCc1ccn[c]n1. The molecule has 1 heterocycles. The fraction of sp³-hybridized carbons (Fsp3) is 0.500. The number of nitrogens with zero attached hydrogens (tertiary/aromatic N) is 2. The van der Waals surface area contributed by atoms with Gasteiger partial charge in [-0.3, -0.25) is 0 Å². The molecule has 1 radical (unpaired) electrons. The van der Waals surface area contributed by atoms with Crippen molar-refractivity contribution in [3.05, 3.63) is 24.3 Å². The molecule has 1 aromatic heterocycles. The molecule has 2 heteroatoms. The van der Waals surface area contributed by atoms with Crippen LogP contribution in [-0.2, 0) is 6.42 Å². The van der Waals surface area contributed by atoms with E-state index in [1.165, 1.54) is 12.8 Å². The molecule has 0 aliphatic heterocycles. The van der Waals surface area contributed by atoms with Gasteiger partial charge in [0, 0.05) is 11.9 Å². The maximum Gasteiger partial charge on any atom is 0.197 e. The first-order chi connectivity index (χ1) is 4.93. The van der Waals surface area contributed by atoms with E-state index in [1.54, 1.807) is 6.20 Å². The van der Waals surface area contributed by atoms with Crippen molar-refractivity contribution in [1.82, 2.24) is 9.97 Å². The summed E-state index contributed by atoms with van der Waals surface area (Å²) in [5, 5.41) is 0. The topological polar surface area (TPSA) is 25.8 Å². The van der Waals surface area contributed by atoms with Crippen molar-refractivity contribution in [2.24, 2.45) is 0 Å². The number of aromatic nitrogens is 2. The van der Waals surface area contributed by atoms with Crippen molar-refractivity contribution < 1.29 is 0 Å². The van der Waals surface area contributed by atoms with Crippen LogP contribution < -0.4 is 0 Å². The van der Waals surface area contributed by atoms with Gasteiger partial charge in [-0.15, -0.1) is 0 Å². The lowest BCUT2D eigenvalue weighted by atomic mass is 10.2. The molecule has 0 unspecified atom stereocenters. The summed E-state index contributed by atoms with van der Waals surface area (Å²) in [4.78, 5) is 7.70. The minimum atomic E-state index is 1.05. The first kappa shape index (κ1) is 7.19. The normalized spacial score (nSPS) is 9.70. The Morgan fingerprint density at radius 2 is 2.50 bits per heavy atom. The Balaban J connectivity index is 2.43. The second kappa shape index (κ2) is 3.99. The predicted octanol–water partition coefficient (Wildman–Crippen LogP) is 1.62. The van der Waals surface area contributed by atoms with Crippen LogP contribution in [-0.4, -0.2) is 9.97 Å². The van der Waals surface area contributed by atoms with E-state index in [2.05, 4.69) is 23.2 Å². The van der Waals surface area contributed by atoms with Crippen LogP contribution in [0, 0.1) is 6.33 Å². The van der Waals surface area contributed by atoms with Crippen LogP contribution in [0.2, 0.25) is 0 Å². The molecule has 0 amide bonds. The number of unbranched alkanes of at least 4 members (excludes halogenated alkanes) is 1. The van der Waals surface area contributed by atoms with E-state index < -0.39 is 0 Å². The summed E-state index contributed by atoms with van der Waals surface area (Å²) >= 11 is 0. The molecule has 0 aromatic carbocycles. The van der Waals surface area contributed by atoms with Gasteiger partial charge in [-0.25, -0.2) is 9.97 Å². The third kappa shape index (κ3) is 2.13. The van der Waals surface area contributed by atoms with Gasteiger partial charge in [-0.1, -0.05) is 13.3 Å². The van der Waals surface area contributed by atoms with Crippen molar-refractivity contribution in [2.75, 3.05) is 0 Å². The quantitative estimate of drug-likeness (QED) is 0.629. The zero-order valence-corrected chi connectivity index (χ0v) is 6.17. The van der Waals surface area contributed by atoms with E-state index in [4.69, 9.17) is 0 Å². The van der Waals surface area contributed by atoms with E-state index in [1.807, 2.05) is 6.07 Å². The van der Waals surface area contributed by atoms with Gasteiger partial charge in [0.2, 0.25) is 0 Å². The molecule has 2 nitrogen and oxygen atoms in total. The van der Waals surface area contributed by atoms with Crippen LogP contribution in [0.15, 0.2) is 12.3 Å². The molecule has 0 fully saturated rings. The second-order valence-corrected chi connectivity index (χ2v) is 2.25. The largest absolute Gasteiger partial charge is 0.234 e. The minimum Gasteiger partial charge on any atom is -0.234 e. The first-order valence-corrected chi connectivity index (χ1v) is 3.61. The lowest BCUT2D eigenvalue weighted by Crippen LogP contribution is -1.89. The standard InChI is InChI=1S/C8H11N2/c1-2-3-4-8-5-6-9-7-10-8/h5-6H,2-4H2,1H3. The highest BCUT2D eigenvalue weighted by Crippen LogP contribution is 1.98. The van der Waals surface area contributed by atoms with Crippen LogP contribution in [0.5, 0.6) is 0 Å². The van der Waals surface area contributed by atoms with Crippen LogP contribution in [0.3, 0.4) is 0 Å². The molecule has 53 valence electrons. The number of rotatable bonds is 3. The lowest BCUT2D eigenvalue weighted by molar-refractivity contribution is 0.772. The summed E-state index contributed by atoms with van der Waals surface area (Å²) in [5.41, 5.74) is 1.09. The molecule has 0 spiro atoms. The molecule has 0 saturated heterocycles. The Morgan fingerprint density at radius 3 is 3.10 bits per heavy atom. The summed E-state index contributed by atoms with van der Waals surface area (Å²) < 4.78 is 0. The molecular weight excluding hydrogens is 124 g/mol. The average Bonchev–Trinajstić information content (AvgIpc) is 2.03. The molecule has 0 aliphatic carbocycles. The summed E-state index contributed by atoms with van der Waals surface area (Å²) in [5.74, 6) is 0. The third-order valence-electron chi connectivity index (χ3n) is 1.38. The zero-order valence-electron chi connectivity index (χ0n) is 6.17. The van der Waals surface area contributed by atoms with E-state index in [9.17, 15) is 0 Å². The van der Waals surface area contributed by atoms with E-state index in [0.29, 0.717) is 0 Å². The van der Waals surface area contributed by atoms with E-state index >= 15 is 0 Å². The monoisotopic (exact) mass is 135 g/mol. The molecule has 0 aliphatic rings. The Hall–Kier alpha value is -0.920. The first-order valence-electron chi connectivity index (χ1n) is 3.61. The molecular formula is C8H11N2. The summed E-state index contributed by atoms with van der Waals surface area (Å²) in [6, 6.07) is 1.94. The predicted molar refractivity (Wildman–Crippen MR) is 39.5 cm³/mol. The van der Waals surface area contributed by atoms with Gasteiger partial charge in [0.25, 0.3) is 0 Å². The number of aryl methyl sites for hydroxylation is 1. The molecule has 0 saturated carbocycles. The van der Waals surface area contributed by atoms with Crippen LogP contribution in [0.4, 0.5) is 0 Å². The van der Waals surface area contributed by atoms with Gasteiger partial charge < -0.3 is 0 Å². The second-order valence-electron chi connectivity index (χ2n) is 2.25. The minimum absolute atomic E-state index is 1.05. The van der Waals surface area contributed by atoms with Crippen LogP contribution >= 0.6 is 0 Å². The Bertz CT molecular complexity index is 172. The van der Waals surface area contributed by atoms with Crippen molar-refractivity contribution in [3.8, 4) is 0 Å². The highest BCUT2D eigenvalue weighted by Gasteiger charge is 1.90. The van der Waals surface area contributed by atoms with Crippen molar-refractivity contribution in [2.45, 2.75) is 26.2 Å². The third-order valence-corrected chi connectivity index (χ3v) is 1.38. The maximum atomic E-state index is 3.98. The van der Waals surface area contributed by atoms with Crippen molar-refractivity contribution in [3.63, 3.8) is 0 Å². The lowest BCUT2D eigenvalue weighted by Gasteiger charge is -1.94. The van der Waals surface area contributed by atoms with Crippen molar-refractivity contribution >= 4 is 0 Å². The van der Waals surface area contributed by atoms with Gasteiger partial charge in [0.15, 0.2) is 6.33 Å². The maximum absolute atomic E-state index is 3.98. The Morgan fingerprint density at radius 1 is 1.60 bits per heavy atom. The van der Waals surface area contributed by atoms with Gasteiger partial charge in [-0.05, 0) is 18.9 Å². The fourth-order valence-corrected chi connectivity index (χ4v) is 0.784. The summed E-state index contributed by atoms with van der Waals surface area (Å²) in [7, 11) is 0. The summed E-state index contributed by atoms with van der Waals surface area (Å²) in [6.45, 7) is 2.17. The fourth-order valence-electron chi connectivity index (χ4n) is 0.784. The van der Waals surface area contributed by atoms with E-state index in [0.717, 1.165) is 12.1 Å².